The molecular weight excluding hydrogens is 207 g/mol. The molecule has 0 saturated heterocycles. The van der Waals surface area contributed by atoms with E-state index >= 15 is 0 Å². The van der Waals surface area contributed by atoms with Crippen molar-refractivity contribution >= 4 is 23.2 Å². The van der Waals surface area contributed by atoms with Crippen molar-refractivity contribution in [1.29, 1.82) is 0 Å². The lowest BCUT2D eigenvalue weighted by molar-refractivity contribution is 0.352. The third kappa shape index (κ3) is 3.71. The van der Waals surface area contributed by atoms with Gasteiger partial charge in [0.25, 0.3) is 0 Å². The zero-order valence-corrected chi connectivity index (χ0v) is 8.77. The minimum absolute atomic E-state index is 0.490. The van der Waals surface area contributed by atoms with Crippen LogP contribution in [0.15, 0.2) is 35.4 Å². The summed E-state index contributed by atoms with van der Waals surface area (Å²) in [4.78, 5) is 0. The van der Waals surface area contributed by atoms with Crippen LogP contribution in [0.3, 0.4) is 0 Å². The second-order valence-corrected chi connectivity index (χ2v) is 3.36. The molecule has 1 aromatic rings. The normalized spacial score (nSPS) is 11.5. The second-order valence-electron chi connectivity index (χ2n) is 2.70. The third-order valence-corrected chi connectivity index (χ3v) is 2.06. The molecule has 1 nitrogen and oxygen atoms in total. The van der Waals surface area contributed by atoms with Crippen LogP contribution in [0.4, 0.5) is 0 Å². The van der Waals surface area contributed by atoms with Crippen LogP contribution in [-0.4, -0.2) is 6.61 Å². The largest absolute Gasteiger partial charge is 0.489 e. The third-order valence-electron chi connectivity index (χ3n) is 1.45. The average Bonchev–Trinajstić information content (AvgIpc) is 2.14. The van der Waals surface area contributed by atoms with Crippen LogP contribution < -0.4 is 4.74 Å². The highest BCUT2D eigenvalue weighted by Gasteiger charge is 1.94. The van der Waals surface area contributed by atoms with Crippen molar-refractivity contribution in [2.75, 3.05) is 6.61 Å². The number of benzene rings is 1. The van der Waals surface area contributed by atoms with E-state index in [-0.39, 0.29) is 0 Å². The predicted octanol–water partition coefficient (Wildman–Crippen LogP) is 3.86. The highest BCUT2D eigenvalue weighted by atomic mass is 35.5. The first-order valence-electron chi connectivity index (χ1n) is 3.86. The molecule has 0 atom stereocenters. The standard InChI is InChI=1S/C10H10Cl2O/c1-8(6-11)7-13-10-4-2-3-9(12)5-10/h2-6H,7H2,1H3/b8-6-. The number of hydrogen-bond donors (Lipinski definition) is 0. The Kier molecular flexibility index (Phi) is 4.13. The highest BCUT2D eigenvalue weighted by molar-refractivity contribution is 6.30. The van der Waals surface area contributed by atoms with Gasteiger partial charge in [0.2, 0.25) is 0 Å². The molecule has 1 rings (SSSR count). The summed E-state index contributed by atoms with van der Waals surface area (Å²) < 4.78 is 5.40. The minimum Gasteiger partial charge on any atom is -0.489 e. The van der Waals surface area contributed by atoms with Gasteiger partial charge in [-0.05, 0) is 30.7 Å². The molecule has 1 aromatic carbocycles. The Morgan fingerprint density at radius 2 is 2.31 bits per heavy atom. The van der Waals surface area contributed by atoms with Gasteiger partial charge < -0.3 is 4.74 Å². The second kappa shape index (κ2) is 5.15. The zero-order chi connectivity index (χ0) is 9.68. The molecular formula is C10H10Cl2O. The highest BCUT2D eigenvalue weighted by Crippen LogP contribution is 2.17. The summed E-state index contributed by atoms with van der Waals surface area (Å²) in [5.74, 6) is 0.755. The average molecular weight is 217 g/mol. The van der Waals surface area contributed by atoms with Crippen molar-refractivity contribution < 1.29 is 4.74 Å². The van der Waals surface area contributed by atoms with Gasteiger partial charge in [-0.15, -0.1) is 0 Å². The van der Waals surface area contributed by atoms with E-state index in [1.807, 2.05) is 19.1 Å². The molecule has 0 aliphatic rings. The van der Waals surface area contributed by atoms with Gasteiger partial charge in [-0.3, -0.25) is 0 Å². The van der Waals surface area contributed by atoms with Crippen LogP contribution in [0.5, 0.6) is 5.75 Å². The maximum Gasteiger partial charge on any atom is 0.121 e. The van der Waals surface area contributed by atoms with Crippen molar-refractivity contribution in [3.05, 3.63) is 40.4 Å². The molecule has 70 valence electrons. The molecule has 0 aliphatic heterocycles. The lowest BCUT2D eigenvalue weighted by Gasteiger charge is -2.05. The van der Waals surface area contributed by atoms with Gasteiger partial charge in [0.15, 0.2) is 0 Å². The first kappa shape index (κ1) is 10.4. The van der Waals surface area contributed by atoms with Gasteiger partial charge >= 0.3 is 0 Å². The molecule has 0 unspecified atom stereocenters. The fourth-order valence-electron chi connectivity index (χ4n) is 0.785. The Bertz CT molecular complexity index is 308. The number of hydrogen-bond acceptors (Lipinski definition) is 1. The molecule has 3 heteroatoms. The fraction of sp³-hybridized carbons (Fsp3) is 0.200. The first-order chi connectivity index (χ1) is 6.22. The maximum absolute atomic E-state index is 5.77. The van der Waals surface area contributed by atoms with E-state index in [0.29, 0.717) is 11.6 Å². The van der Waals surface area contributed by atoms with Gasteiger partial charge in [0.05, 0.1) is 0 Å². The molecule has 0 N–H and O–H groups in total. The van der Waals surface area contributed by atoms with E-state index in [4.69, 9.17) is 27.9 Å². The lowest BCUT2D eigenvalue weighted by Crippen LogP contribution is -1.97. The van der Waals surface area contributed by atoms with E-state index < -0.39 is 0 Å². The van der Waals surface area contributed by atoms with Crippen molar-refractivity contribution in [1.82, 2.24) is 0 Å². The molecule has 0 aromatic heterocycles. The minimum atomic E-state index is 0.490. The first-order valence-corrected chi connectivity index (χ1v) is 4.68. The number of rotatable bonds is 3. The molecule has 0 radical (unpaired) electrons. The summed E-state index contributed by atoms with van der Waals surface area (Å²) in [5, 5.41) is 0.671. The van der Waals surface area contributed by atoms with Gasteiger partial charge in [-0.1, -0.05) is 29.3 Å². The van der Waals surface area contributed by atoms with Crippen molar-refractivity contribution in [2.45, 2.75) is 6.92 Å². The van der Waals surface area contributed by atoms with Crippen LogP contribution in [-0.2, 0) is 0 Å². The maximum atomic E-state index is 5.77. The van der Waals surface area contributed by atoms with E-state index in [0.717, 1.165) is 11.3 Å². The van der Waals surface area contributed by atoms with Crippen molar-refractivity contribution in [3.63, 3.8) is 0 Å². The topological polar surface area (TPSA) is 9.23 Å². The van der Waals surface area contributed by atoms with Crippen LogP contribution in [0.25, 0.3) is 0 Å². The van der Waals surface area contributed by atoms with Gasteiger partial charge in [-0.2, -0.15) is 0 Å². The Labute approximate surface area is 87.9 Å². The monoisotopic (exact) mass is 216 g/mol. The van der Waals surface area contributed by atoms with E-state index in [1.54, 1.807) is 12.1 Å². The summed E-state index contributed by atoms with van der Waals surface area (Å²) in [6.07, 6.45) is 0. The molecule has 0 heterocycles. The smallest absolute Gasteiger partial charge is 0.121 e. The van der Waals surface area contributed by atoms with Crippen LogP contribution in [0, 0.1) is 0 Å². The number of halogens is 2. The van der Waals surface area contributed by atoms with Gasteiger partial charge in [0.1, 0.15) is 12.4 Å². The SMILES string of the molecule is C/C(=C/Cl)COc1cccc(Cl)c1. The van der Waals surface area contributed by atoms with Gasteiger partial charge in [-0.25, -0.2) is 0 Å². The summed E-state index contributed by atoms with van der Waals surface area (Å²) in [6, 6.07) is 7.27. The predicted molar refractivity (Wildman–Crippen MR) is 56.6 cm³/mol. The van der Waals surface area contributed by atoms with E-state index in [9.17, 15) is 0 Å². The lowest BCUT2D eigenvalue weighted by atomic mass is 10.3. The Morgan fingerprint density at radius 1 is 1.54 bits per heavy atom. The Balaban J connectivity index is 2.55. The Morgan fingerprint density at radius 3 is 2.92 bits per heavy atom. The Hall–Kier alpha value is -0.660. The molecule has 0 saturated carbocycles. The van der Waals surface area contributed by atoms with E-state index in [1.165, 1.54) is 5.54 Å². The molecule has 0 amide bonds. The molecule has 0 bridgehead atoms. The number of ether oxygens (including phenoxy) is 1. The van der Waals surface area contributed by atoms with Crippen molar-refractivity contribution in [2.24, 2.45) is 0 Å². The van der Waals surface area contributed by atoms with Crippen LogP contribution in [0.2, 0.25) is 5.02 Å². The van der Waals surface area contributed by atoms with Gasteiger partial charge in [0, 0.05) is 10.6 Å². The summed E-state index contributed by atoms with van der Waals surface area (Å²) in [6.45, 7) is 2.39. The van der Waals surface area contributed by atoms with Crippen LogP contribution >= 0.6 is 23.2 Å². The zero-order valence-electron chi connectivity index (χ0n) is 7.26. The quantitative estimate of drug-likeness (QED) is 0.746. The summed E-state index contributed by atoms with van der Waals surface area (Å²) in [7, 11) is 0. The van der Waals surface area contributed by atoms with Crippen molar-refractivity contribution in [3.8, 4) is 5.75 Å². The molecule has 13 heavy (non-hydrogen) atoms. The molecule has 0 spiro atoms. The molecule has 0 aliphatic carbocycles. The van der Waals surface area contributed by atoms with Crippen LogP contribution in [0.1, 0.15) is 6.92 Å². The summed E-state index contributed by atoms with van der Waals surface area (Å²) >= 11 is 11.3. The fourth-order valence-corrected chi connectivity index (χ4v) is 1.03. The summed E-state index contributed by atoms with van der Waals surface area (Å²) in [5.41, 5.74) is 2.48. The van der Waals surface area contributed by atoms with E-state index in [2.05, 4.69) is 0 Å². The molecule has 0 fully saturated rings.